The van der Waals surface area contributed by atoms with Crippen LogP contribution in [0.3, 0.4) is 0 Å². The van der Waals surface area contributed by atoms with Crippen molar-refractivity contribution in [1.82, 2.24) is 0 Å². The van der Waals surface area contributed by atoms with Crippen molar-refractivity contribution in [3.05, 3.63) is 28.2 Å². The van der Waals surface area contributed by atoms with Crippen molar-refractivity contribution in [2.45, 2.75) is 12.5 Å². The number of ether oxygens (including phenoxy) is 2. The monoisotopic (exact) mass is 221 g/mol. The first-order valence-electron chi connectivity index (χ1n) is 4.82. The van der Waals surface area contributed by atoms with Crippen molar-refractivity contribution in [1.29, 1.82) is 0 Å². The molecule has 0 unspecified atom stereocenters. The van der Waals surface area contributed by atoms with Gasteiger partial charge in [-0.25, -0.2) is 0 Å². The molecule has 0 fully saturated rings. The minimum Gasteiger partial charge on any atom is -0.493 e. The maximum atomic E-state index is 11.7. The number of hydrogen-bond donors (Lipinski definition) is 0. The standard InChI is InChI=1S/C11H11NO4/c1-15-9-4-6-3-8(12-14)11(13)7(6)5-10(9)16-2/h4-5,8H,3H2,1-2H3/t8-/m0/s1. The zero-order valence-corrected chi connectivity index (χ0v) is 9.02. The van der Waals surface area contributed by atoms with Crippen LogP contribution >= 0.6 is 0 Å². The van der Waals surface area contributed by atoms with Gasteiger partial charge in [0.15, 0.2) is 23.3 Å². The minimum absolute atomic E-state index is 0.244. The first-order valence-corrected chi connectivity index (χ1v) is 4.82. The fourth-order valence-electron chi connectivity index (χ4n) is 1.88. The minimum atomic E-state index is -0.799. The second kappa shape index (κ2) is 3.92. The topological polar surface area (TPSA) is 65.0 Å². The van der Waals surface area contributed by atoms with E-state index in [4.69, 9.17) is 9.47 Å². The molecule has 0 saturated heterocycles. The van der Waals surface area contributed by atoms with E-state index in [0.717, 1.165) is 5.56 Å². The summed E-state index contributed by atoms with van der Waals surface area (Å²) in [7, 11) is 3.02. The highest BCUT2D eigenvalue weighted by atomic mass is 16.5. The van der Waals surface area contributed by atoms with Gasteiger partial charge in [-0.15, -0.1) is 0 Å². The van der Waals surface area contributed by atoms with Gasteiger partial charge < -0.3 is 9.47 Å². The van der Waals surface area contributed by atoms with E-state index in [-0.39, 0.29) is 5.78 Å². The molecule has 0 N–H and O–H groups in total. The first-order chi connectivity index (χ1) is 7.71. The Morgan fingerprint density at radius 3 is 2.44 bits per heavy atom. The fourth-order valence-corrected chi connectivity index (χ4v) is 1.88. The van der Waals surface area contributed by atoms with Crippen molar-refractivity contribution >= 4 is 5.78 Å². The Morgan fingerprint density at radius 2 is 1.88 bits per heavy atom. The molecular weight excluding hydrogens is 210 g/mol. The Morgan fingerprint density at radius 1 is 1.25 bits per heavy atom. The van der Waals surface area contributed by atoms with Gasteiger partial charge >= 0.3 is 0 Å². The SMILES string of the molecule is COc1cc2c(cc1OC)C(=O)[C@@H](N=O)C2. The van der Waals surface area contributed by atoms with Crippen LogP contribution in [-0.2, 0) is 6.42 Å². The summed E-state index contributed by atoms with van der Waals surface area (Å²) >= 11 is 0. The molecular formula is C11H11NO4. The number of Topliss-reactive ketones (excluding diaryl/α,β-unsaturated/α-hetero) is 1. The van der Waals surface area contributed by atoms with Crippen molar-refractivity contribution in [2.24, 2.45) is 5.18 Å². The van der Waals surface area contributed by atoms with Gasteiger partial charge in [0.25, 0.3) is 0 Å². The Kier molecular flexibility index (Phi) is 2.60. The lowest BCUT2D eigenvalue weighted by Crippen LogP contribution is -2.11. The molecule has 0 spiro atoms. The molecule has 0 aromatic heterocycles. The van der Waals surface area contributed by atoms with Crippen molar-refractivity contribution in [3.8, 4) is 11.5 Å². The van der Waals surface area contributed by atoms with E-state index >= 15 is 0 Å². The number of benzene rings is 1. The summed E-state index contributed by atoms with van der Waals surface area (Å²) in [5.74, 6) is 0.799. The van der Waals surface area contributed by atoms with Crippen LogP contribution in [0.4, 0.5) is 0 Å². The third-order valence-electron chi connectivity index (χ3n) is 2.72. The summed E-state index contributed by atoms with van der Waals surface area (Å²) in [5.41, 5.74) is 1.29. The summed E-state index contributed by atoms with van der Waals surface area (Å²) in [6.07, 6.45) is 0.345. The lowest BCUT2D eigenvalue weighted by Gasteiger charge is -2.08. The molecule has 0 radical (unpaired) electrons. The largest absolute Gasteiger partial charge is 0.493 e. The van der Waals surface area contributed by atoms with Crippen molar-refractivity contribution < 1.29 is 14.3 Å². The van der Waals surface area contributed by atoms with Gasteiger partial charge in [0.2, 0.25) is 0 Å². The molecule has 0 bridgehead atoms. The quantitative estimate of drug-likeness (QED) is 0.727. The second-order valence-corrected chi connectivity index (χ2v) is 3.55. The third-order valence-corrected chi connectivity index (χ3v) is 2.72. The van der Waals surface area contributed by atoms with Gasteiger partial charge in [-0.1, -0.05) is 5.18 Å². The van der Waals surface area contributed by atoms with Gasteiger partial charge in [0.1, 0.15) is 0 Å². The van der Waals surface area contributed by atoms with Gasteiger partial charge in [-0.2, -0.15) is 4.91 Å². The smallest absolute Gasteiger partial charge is 0.191 e. The molecule has 1 atom stereocenters. The normalized spacial score (nSPS) is 18.1. The lowest BCUT2D eigenvalue weighted by molar-refractivity contribution is 0.0975. The number of hydrogen-bond acceptors (Lipinski definition) is 5. The highest BCUT2D eigenvalue weighted by Gasteiger charge is 2.32. The van der Waals surface area contributed by atoms with Crippen LogP contribution in [-0.4, -0.2) is 26.0 Å². The maximum Gasteiger partial charge on any atom is 0.191 e. The lowest BCUT2D eigenvalue weighted by atomic mass is 10.1. The summed E-state index contributed by atoms with van der Waals surface area (Å²) in [5, 5.41) is 2.81. The van der Waals surface area contributed by atoms with Crippen molar-refractivity contribution in [3.63, 3.8) is 0 Å². The fraction of sp³-hybridized carbons (Fsp3) is 0.364. The average molecular weight is 221 g/mol. The summed E-state index contributed by atoms with van der Waals surface area (Å²) < 4.78 is 10.2. The van der Waals surface area contributed by atoms with Crippen LogP contribution in [0.25, 0.3) is 0 Å². The van der Waals surface area contributed by atoms with E-state index in [0.29, 0.717) is 23.5 Å². The number of nitrogens with zero attached hydrogens (tertiary/aromatic N) is 1. The number of rotatable bonds is 3. The first kappa shape index (κ1) is 10.6. The molecule has 1 aromatic carbocycles. The number of carbonyl (C=O) groups excluding carboxylic acids is 1. The maximum absolute atomic E-state index is 11.7. The van der Waals surface area contributed by atoms with E-state index in [1.54, 1.807) is 12.1 Å². The molecule has 0 heterocycles. The van der Waals surface area contributed by atoms with E-state index < -0.39 is 6.04 Å². The molecule has 5 heteroatoms. The molecule has 16 heavy (non-hydrogen) atoms. The molecule has 84 valence electrons. The summed E-state index contributed by atoms with van der Waals surface area (Å²) in [6.45, 7) is 0. The van der Waals surface area contributed by atoms with E-state index in [9.17, 15) is 9.70 Å². The molecule has 5 nitrogen and oxygen atoms in total. The van der Waals surface area contributed by atoms with Gasteiger partial charge in [0.05, 0.1) is 14.2 Å². The number of nitroso groups, excluding NO2 is 1. The average Bonchev–Trinajstić information content (AvgIpc) is 2.63. The van der Waals surface area contributed by atoms with Gasteiger partial charge in [-0.3, -0.25) is 4.79 Å². The van der Waals surface area contributed by atoms with Crippen LogP contribution < -0.4 is 9.47 Å². The molecule has 1 aliphatic carbocycles. The molecule has 0 amide bonds. The van der Waals surface area contributed by atoms with E-state index in [1.807, 2.05) is 0 Å². The number of fused-ring (bicyclic) bond motifs is 1. The molecule has 0 saturated carbocycles. The van der Waals surface area contributed by atoms with E-state index in [1.165, 1.54) is 14.2 Å². The Hall–Kier alpha value is -1.91. The van der Waals surface area contributed by atoms with Crippen LogP contribution in [0.5, 0.6) is 11.5 Å². The van der Waals surface area contributed by atoms with Crippen LogP contribution in [0, 0.1) is 4.91 Å². The Labute approximate surface area is 92.3 Å². The summed E-state index contributed by atoms with van der Waals surface area (Å²) in [6, 6.07) is 2.52. The highest BCUT2D eigenvalue weighted by molar-refractivity contribution is 6.05. The zero-order chi connectivity index (χ0) is 11.7. The number of methoxy groups -OCH3 is 2. The van der Waals surface area contributed by atoms with Crippen LogP contribution in [0.2, 0.25) is 0 Å². The van der Waals surface area contributed by atoms with Crippen LogP contribution in [0.15, 0.2) is 17.3 Å². The Bertz CT molecular complexity index is 456. The third kappa shape index (κ3) is 1.44. The highest BCUT2D eigenvalue weighted by Crippen LogP contribution is 2.35. The Balaban J connectivity index is 2.51. The predicted octanol–water partition coefficient (Wildman–Crippen LogP) is 1.58. The summed E-state index contributed by atoms with van der Waals surface area (Å²) in [4.78, 5) is 22.2. The number of carbonyl (C=O) groups is 1. The molecule has 0 aliphatic heterocycles. The van der Waals surface area contributed by atoms with E-state index in [2.05, 4.69) is 5.18 Å². The molecule has 1 aliphatic rings. The van der Waals surface area contributed by atoms with Crippen molar-refractivity contribution in [2.75, 3.05) is 14.2 Å². The van der Waals surface area contributed by atoms with Gasteiger partial charge in [0, 0.05) is 12.0 Å². The van der Waals surface area contributed by atoms with Gasteiger partial charge in [-0.05, 0) is 17.7 Å². The molecule has 1 aromatic rings. The predicted molar refractivity (Wildman–Crippen MR) is 57.2 cm³/mol. The zero-order valence-electron chi connectivity index (χ0n) is 9.02. The molecule has 2 rings (SSSR count). The number of ketones is 1. The second-order valence-electron chi connectivity index (χ2n) is 3.55. The van der Waals surface area contributed by atoms with Crippen LogP contribution in [0.1, 0.15) is 15.9 Å².